The standard InChI is InChI=1S/C16H19N3OS/c1-2-9-21-14(6-1)15-18-16(20-19-15)13-5-3-4-11-10-17-8-7-12(11)13/h3-5,14,17H,1-2,6-10H2. The van der Waals surface area contributed by atoms with Crippen molar-refractivity contribution < 1.29 is 4.52 Å². The summed E-state index contributed by atoms with van der Waals surface area (Å²) >= 11 is 1.96. The molecule has 1 fully saturated rings. The van der Waals surface area contributed by atoms with Gasteiger partial charge in [-0.15, -0.1) is 0 Å². The largest absolute Gasteiger partial charge is 0.334 e. The Bertz CT molecular complexity index is 634. The molecule has 1 aromatic heterocycles. The van der Waals surface area contributed by atoms with E-state index in [9.17, 15) is 0 Å². The molecular weight excluding hydrogens is 282 g/mol. The van der Waals surface area contributed by atoms with Crippen molar-refractivity contribution in [2.24, 2.45) is 0 Å². The third-order valence-corrected chi connectivity index (χ3v) is 5.65. The Morgan fingerprint density at radius 3 is 3.19 bits per heavy atom. The van der Waals surface area contributed by atoms with Gasteiger partial charge in [-0.2, -0.15) is 16.7 Å². The molecule has 0 saturated carbocycles. The lowest BCUT2D eigenvalue weighted by atomic mass is 9.95. The Hall–Kier alpha value is -1.33. The number of aromatic nitrogens is 2. The van der Waals surface area contributed by atoms with Crippen molar-refractivity contribution in [1.82, 2.24) is 15.5 Å². The number of nitrogens with one attached hydrogen (secondary N) is 1. The maximum atomic E-state index is 5.58. The second kappa shape index (κ2) is 5.81. The minimum absolute atomic E-state index is 0.414. The molecule has 0 spiro atoms. The van der Waals surface area contributed by atoms with E-state index in [0.29, 0.717) is 11.1 Å². The van der Waals surface area contributed by atoms with E-state index in [2.05, 4.69) is 28.7 Å². The van der Waals surface area contributed by atoms with E-state index in [-0.39, 0.29) is 0 Å². The van der Waals surface area contributed by atoms with Crippen LogP contribution >= 0.6 is 11.8 Å². The van der Waals surface area contributed by atoms with Crippen LogP contribution in [0.4, 0.5) is 0 Å². The second-order valence-electron chi connectivity index (χ2n) is 5.68. The summed E-state index contributed by atoms with van der Waals surface area (Å²) in [4.78, 5) is 4.69. The van der Waals surface area contributed by atoms with Gasteiger partial charge in [0.2, 0.25) is 0 Å². The Kier molecular flexibility index (Phi) is 3.69. The van der Waals surface area contributed by atoms with Gasteiger partial charge < -0.3 is 9.84 Å². The lowest BCUT2D eigenvalue weighted by Crippen LogP contribution is -2.24. The van der Waals surface area contributed by atoms with Crippen LogP contribution in [0.25, 0.3) is 11.5 Å². The number of benzene rings is 1. The fourth-order valence-electron chi connectivity index (χ4n) is 3.15. The predicted molar refractivity (Wildman–Crippen MR) is 84.2 cm³/mol. The summed E-state index contributed by atoms with van der Waals surface area (Å²) < 4.78 is 5.58. The molecule has 4 rings (SSSR count). The number of thioether (sulfide) groups is 1. The fourth-order valence-corrected chi connectivity index (χ4v) is 4.39. The topological polar surface area (TPSA) is 51.0 Å². The van der Waals surface area contributed by atoms with E-state index in [1.165, 1.54) is 36.1 Å². The summed E-state index contributed by atoms with van der Waals surface area (Å²) in [5.74, 6) is 2.78. The van der Waals surface area contributed by atoms with Gasteiger partial charge in [0.1, 0.15) is 0 Å². The molecule has 1 atom stereocenters. The highest BCUT2D eigenvalue weighted by Crippen LogP contribution is 2.38. The van der Waals surface area contributed by atoms with Crippen LogP contribution in [0.5, 0.6) is 0 Å². The van der Waals surface area contributed by atoms with Gasteiger partial charge in [0.15, 0.2) is 5.82 Å². The molecule has 0 aliphatic carbocycles. The summed E-state index contributed by atoms with van der Waals surface area (Å²) in [6.07, 6.45) is 4.78. The van der Waals surface area contributed by atoms with Crippen LogP contribution < -0.4 is 5.32 Å². The molecule has 1 saturated heterocycles. The van der Waals surface area contributed by atoms with Crippen molar-refractivity contribution >= 4 is 11.8 Å². The van der Waals surface area contributed by atoms with Gasteiger partial charge in [0.25, 0.3) is 5.89 Å². The van der Waals surface area contributed by atoms with Crippen molar-refractivity contribution in [3.63, 3.8) is 0 Å². The van der Waals surface area contributed by atoms with E-state index in [1.807, 2.05) is 11.8 Å². The zero-order chi connectivity index (χ0) is 14.1. The van der Waals surface area contributed by atoms with Crippen LogP contribution in [0.15, 0.2) is 22.7 Å². The molecule has 2 aliphatic rings. The highest BCUT2D eigenvalue weighted by molar-refractivity contribution is 7.99. The first kappa shape index (κ1) is 13.3. The van der Waals surface area contributed by atoms with Crippen molar-refractivity contribution in [2.75, 3.05) is 12.3 Å². The van der Waals surface area contributed by atoms with E-state index >= 15 is 0 Å². The number of rotatable bonds is 2. The highest BCUT2D eigenvalue weighted by Gasteiger charge is 2.23. The molecule has 4 nitrogen and oxygen atoms in total. The van der Waals surface area contributed by atoms with E-state index in [1.54, 1.807) is 0 Å². The van der Waals surface area contributed by atoms with Gasteiger partial charge >= 0.3 is 0 Å². The maximum absolute atomic E-state index is 5.58. The minimum atomic E-state index is 0.414. The quantitative estimate of drug-likeness (QED) is 0.922. The van der Waals surface area contributed by atoms with Gasteiger partial charge in [-0.25, -0.2) is 0 Å². The lowest BCUT2D eigenvalue weighted by molar-refractivity contribution is 0.419. The average molecular weight is 301 g/mol. The molecule has 0 radical (unpaired) electrons. The zero-order valence-electron chi connectivity index (χ0n) is 12.0. The number of nitrogens with zero attached hydrogens (tertiary/aromatic N) is 2. The fraction of sp³-hybridized carbons (Fsp3) is 0.500. The van der Waals surface area contributed by atoms with Crippen LogP contribution in [0, 0.1) is 0 Å². The molecule has 1 unspecified atom stereocenters. The van der Waals surface area contributed by atoms with E-state index in [0.717, 1.165) is 30.9 Å². The molecule has 2 aromatic rings. The Morgan fingerprint density at radius 2 is 2.29 bits per heavy atom. The lowest BCUT2D eigenvalue weighted by Gasteiger charge is -2.19. The smallest absolute Gasteiger partial charge is 0.258 e. The Morgan fingerprint density at radius 1 is 1.29 bits per heavy atom. The van der Waals surface area contributed by atoms with E-state index in [4.69, 9.17) is 9.51 Å². The second-order valence-corrected chi connectivity index (χ2v) is 6.99. The van der Waals surface area contributed by atoms with Gasteiger partial charge in [-0.3, -0.25) is 0 Å². The molecule has 1 N–H and O–H groups in total. The highest BCUT2D eigenvalue weighted by atomic mass is 32.2. The summed E-state index contributed by atoms with van der Waals surface area (Å²) in [6, 6.07) is 6.37. The van der Waals surface area contributed by atoms with Crippen LogP contribution in [-0.2, 0) is 13.0 Å². The molecule has 0 bridgehead atoms. The zero-order valence-corrected chi connectivity index (χ0v) is 12.8. The van der Waals surface area contributed by atoms with Crippen LogP contribution in [0.1, 0.15) is 41.5 Å². The minimum Gasteiger partial charge on any atom is -0.334 e. The van der Waals surface area contributed by atoms with Crippen molar-refractivity contribution in [3.8, 4) is 11.5 Å². The number of fused-ring (bicyclic) bond motifs is 1. The predicted octanol–water partition coefficient (Wildman–Crippen LogP) is 3.34. The number of hydrogen-bond donors (Lipinski definition) is 1. The molecule has 110 valence electrons. The Balaban J connectivity index is 1.66. The van der Waals surface area contributed by atoms with Crippen molar-refractivity contribution in [2.45, 2.75) is 37.5 Å². The number of hydrogen-bond acceptors (Lipinski definition) is 5. The third-order valence-electron chi connectivity index (χ3n) is 4.28. The first-order chi connectivity index (χ1) is 10.4. The van der Waals surface area contributed by atoms with Crippen molar-refractivity contribution in [1.29, 1.82) is 0 Å². The molecule has 21 heavy (non-hydrogen) atoms. The summed E-state index contributed by atoms with van der Waals surface area (Å²) in [5, 5.41) is 8.06. The first-order valence-electron chi connectivity index (χ1n) is 7.69. The molecule has 1 aromatic carbocycles. The van der Waals surface area contributed by atoms with Gasteiger partial charge in [-0.05, 0) is 48.8 Å². The molecule has 3 heterocycles. The summed E-state index contributed by atoms with van der Waals surface area (Å²) in [5.41, 5.74) is 3.84. The van der Waals surface area contributed by atoms with Gasteiger partial charge in [0, 0.05) is 12.1 Å². The summed E-state index contributed by atoms with van der Waals surface area (Å²) in [7, 11) is 0. The molecule has 5 heteroatoms. The van der Waals surface area contributed by atoms with Gasteiger partial charge in [0.05, 0.1) is 5.25 Å². The van der Waals surface area contributed by atoms with E-state index < -0.39 is 0 Å². The SMILES string of the molecule is c1cc2c(c(-c3nc(C4CCCCS4)no3)c1)CCNC2. The Labute approximate surface area is 128 Å². The third kappa shape index (κ3) is 2.60. The van der Waals surface area contributed by atoms with Gasteiger partial charge in [-0.1, -0.05) is 23.7 Å². The average Bonchev–Trinajstić information content (AvgIpc) is 3.05. The van der Waals surface area contributed by atoms with Crippen LogP contribution in [0.3, 0.4) is 0 Å². The van der Waals surface area contributed by atoms with Crippen molar-refractivity contribution in [3.05, 3.63) is 35.2 Å². The molecule has 2 aliphatic heterocycles. The first-order valence-corrected chi connectivity index (χ1v) is 8.74. The molecule has 0 amide bonds. The monoisotopic (exact) mass is 301 g/mol. The van der Waals surface area contributed by atoms with Crippen LogP contribution in [0.2, 0.25) is 0 Å². The maximum Gasteiger partial charge on any atom is 0.258 e. The molecular formula is C16H19N3OS. The van der Waals surface area contributed by atoms with Crippen LogP contribution in [-0.4, -0.2) is 22.4 Å². The summed E-state index contributed by atoms with van der Waals surface area (Å²) in [6.45, 7) is 1.95. The normalized spacial score (nSPS) is 22.0.